The Bertz CT molecular complexity index is 340. The fraction of sp³-hybridized carbons (Fsp3) is 0.882. The quantitative estimate of drug-likeness (QED) is 0.719. The minimum absolute atomic E-state index is 0.0355. The molecular weight excluding hydrogens is 266 g/mol. The molecule has 1 amide bonds. The lowest BCUT2D eigenvalue weighted by Gasteiger charge is -2.36. The van der Waals surface area contributed by atoms with E-state index in [0.717, 1.165) is 38.5 Å². The zero-order valence-corrected chi connectivity index (χ0v) is 13.8. The van der Waals surface area contributed by atoms with Crippen molar-refractivity contribution in [2.24, 2.45) is 17.3 Å². The lowest BCUT2D eigenvalue weighted by atomic mass is 9.70. The van der Waals surface area contributed by atoms with E-state index < -0.39 is 11.4 Å². The number of aliphatic carboxylic acids is 1. The molecule has 1 fully saturated rings. The molecule has 122 valence electrons. The highest BCUT2D eigenvalue weighted by molar-refractivity contribution is 5.80. The van der Waals surface area contributed by atoms with E-state index in [9.17, 15) is 14.7 Å². The van der Waals surface area contributed by atoms with Crippen LogP contribution in [-0.2, 0) is 9.59 Å². The van der Waals surface area contributed by atoms with Crippen LogP contribution in [0.3, 0.4) is 0 Å². The molecule has 4 heteroatoms. The van der Waals surface area contributed by atoms with Gasteiger partial charge in [0.25, 0.3) is 0 Å². The molecular formula is C17H31NO3. The van der Waals surface area contributed by atoms with Crippen LogP contribution in [0.25, 0.3) is 0 Å². The Hall–Kier alpha value is -1.06. The van der Waals surface area contributed by atoms with Gasteiger partial charge in [0.2, 0.25) is 5.91 Å². The zero-order valence-electron chi connectivity index (χ0n) is 13.8. The molecule has 0 aliphatic heterocycles. The van der Waals surface area contributed by atoms with E-state index in [0.29, 0.717) is 18.8 Å². The summed E-state index contributed by atoms with van der Waals surface area (Å²) in [5.41, 5.74) is -0.745. The Labute approximate surface area is 128 Å². The van der Waals surface area contributed by atoms with E-state index >= 15 is 0 Å². The smallest absolute Gasteiger partial charge is 0.311 e. The van der Waals surface area contributed by atoms with Gasteiger partial charge in [-0.05, 0) is 44.4 Å². The highest BCUT2D eigenvalue weighted by atomic mass is 16.4. The van der Waals surface area contributed by atoms with Gasteiger partial charge in [0, 0.05) is 12.5 Å². The lowest BCUT2D eigenvalue weighted by molar-refractivity contribution is -0.151. The molecule has 0 aromatic rings. The Balaban J connectivity index is 2.60. The highest BCUT2D eigenvalue weighted by Crippen LogP contribution is 2.38. The molecule has 1 aliphatic rings. The molecule has 0 heterocycles. The predicted octanol–water partition coefficient (Wildman–Crippen LogP) is 3.60. The van der Waals surface area contributed by atoms with Gasteiger partial charge < -0.3 is 10.4 Å². The zero-order chi connectivity index (χ0) is 15.9. The molecule has 21 heavy (non-hydrogen) atoms. The standard InChI is InChI=1S/C17H31NO3/c1-4-6-14(7-5-2)15(19)18-12-17(16(20)21)10-8-13(3)9-11-17/h13-14H,4-12H2,1-3H3,(H,18,19)(H,20,21). The normalized spacial score (nSPS) is 25.8. The van der Waals surface area contributed by atoms with E-state index in [2.05, 4.69) is 26.1 Å². The average Bonchev–Trinajstić information content (AvgIpc) is 2.46. The van der Waals surface area contributed by atoms with Crippen LogP contribution < -0.4 is 5.32 Å². The van der Waals surface area contributed by atoms with Crippen molar-refractivity contribution in [2.45, 2.75) is 72.1 Å². The average molecular weight is 297 g/mol. The Morgan fingerprint density at radius 2 is 1.71 bits per heavy atom. The van der Waals surface area contributed by atoms with E-state index in [1.165, 1.54) is 0 Å². The summed E-state index contributed by atoms with van der Waals surface area (Å²) in [5.74, 6) is -0.0790. The van der Waals surface area contributed by atoms with Crippen LogP contribution in [0.2, 0.25) is 0 Å². The minimum atomic E-state index is -0.753. The molecule has 0 saturated heterocycles. The van der Waals surface area contributed by atoms with Crippen molar-refractivity contribution in [1.29, 1.82) is 0 Å². The largest absolute Gasteiger partial charge is 0.481 e. The maximum Gasteiger partial charge on any atom is 0.311 e. The maximum atomic E-state index is 12.3. The van der Waals surface area contributed by atoms with Crippen LogP contribution in [0.15, 0.2) is 0 Å². The topological polar surface area (TPSA) is 66.4 Å². The third-order valence-corrected chi connectivity index (χ3v) is 4.93. The summed E-state index contributed by atoms with van der Waals surface area (Å²) < 4.78 is 0. The molecule has 1 rings (SSSR count). The fourth-order valence-corrected chi connectivity index (χ4v) is 3.29. The molecule has 0 bridgehead atoms. The van der Waals surface area contributed by atoms with Gasteiger partial charge >= 0.3 is 5.97 Å². The molecule has 0 unspecified atom stereocenters. The number of nitrogens with one attached hydrogen (secondary N) is 1. The number of hydrogen-bond donors (Lipinski definition) is 2. The molecule has 0 aromatic heterocycles. The van der Waals surface area contributed by atoms with Crippen LogP contribution in [0, 0.1) is 17.3 Å². The summed E-state index contributed by atoms with van der Waals surface area (Å²) in [7, 11) is 0. The molecule has 0 aromatic carbocycles. The first-order chi connectivity index (χ1) is 9.95. The Morgan fingerprint density at radius 3 is 2.14 bits per heavy atom. The highest BCUT2D eigenvalue weighted by Gasteiger charge is 2.41. The van der Waals surface area contributed by atoms with Crippen LogP contribution >= 0.6 is 0 Å². The van der Waals surface area contributed by atoms with Crippen molar-refractivity contribution in [3.8, 4) is 0 Å². The number of carbonyl (C=O) groups is 2. The van der Waals surface area contributed by atoms with E-state index in [-0.39, 0.29) is 18.4 Å². The van der Waals surface area contributed by atoms with Crippen LogP contribution in [0.4, 0.5) is 0 Å². The first-order valence-corrected chi connectivity index (χ1v) is 8.46. The Morgan fingerprint density at radius 1 is 1.19 bits per heavy atom. The molecule has 4 nitrogen and oxygen atoms in total. The second kappa shape index (κ2) is 8.40. The van der Waals surface area contributed by atoms with Crippen molar-refractivity contribution < 1.29 is 14.7 Å². The third-order valence-electron chi connectivity index (χ3n) is 4.93. The van der Waals surface area contributed by atoms with Crippen molar-refractivity contribution in [2.75, 3.05) is 6.54 Å². The van der Waals surface area contributed by atoms with Gasteiger partial charge in [-0.1, -0.05) is 33.6 Å². The van der Waals surface area contributed by atoms with Crippen molar-refractivity contribution in [3.63, 3.8) is 0 Å². The predicted molar refractivity (Wildman–Crippen MR) is 84.0 cm³/mol. The fourth-order valence-electron chi connectivity index (χ4n) is 3.29. The molecule has 1 saturated carbocycles. The van der Waals surface area contributed by atoms with Gasteiger partial charge in [0.1, 0.15) is 0 Å². The summed E-state index contributed by atoms with van der Waals surface area (Å²) in [6.07, 6.45) is 6.98. The van der Waals surface area contributed by atoms with E-state index in [1.54, 1.807) is 0 Å². The number of carboxylic acid groups (broad SMARTS) is 1. The van der Waals surface area contributed by atoms with Gasteiger partial charge in [0.05, 0.1) is 5.41 Å². The lowest BCUT2D eigenvalue weighted by Crippen LogP contribution is -2.46. The monoisotopic (exact) mass is 297 g/mol. The number of carbonyl (C=O) groups excluding carboxylic acids is 1. The summed E-state index contributed by atoms with van der Waals surface area (Å²) in [5, 5.41) is 12.5. The maximum absolute atomic E-state index is 12.3. The number of hydrogen-bond acceptors (Lipinski definition) is 2. The third kappa shape index (κ3) is 5.01. The first-order valence-electron chi connectivity index (χ1n) is 8.46. The van der Waals surface area contributed by atoms with Gasteiger partial charge in [-0.25, -0.2) is 0 Å². The van der Waals surface area contributed by atoms with Crippen LogP contribution in [-0.4, -0.2) is 23.5 Å². The van der Waals surface area contributed by atoms with Gasteiger partial charge in [0.15, 0.2) is 0 Å². The van der Waals surface area contributed by atoms with Crippen molar-refractivity contribution >= 4 is 11.9 Å². The van der Waals surface area contributed by atoms with Crippen LogP contribution in [0.1, 0.15) is 72.1 Å². The molecule has 0 atom stereocenters. The molecule has 0 spiro atoms. The second-order valence-corrected chi connectivity index (χ2v) is 6.76. The van der Waals surface area contributed by atoms with Gasteiger partial charge in [-0.2, -0.15) is 0 Å². The van der Waals surface area contributed by atoms with Crippen molar-refractivity contribution in [3.05, 3.63) is 0 Å². The summed E-state index contributed by atoms with van der Waals surface area (Å²) in [4.78, 5) is 24.0. The first kappa shape index (κ1) is 18.0. The van der Waals surface area contributed by atoms with E-state index in [1.807, 2.05) is 0 Å². The van der Waals surface area contributed by atoms with E-state index in [4.69, 9.17) is 0 Å². The molecule has 2 N–H and O–H groups in total. The summed E-state index contributed by atoms with van der Waals surface area (Å²) >= 11 is 0. The SMILES string of the molecule is CCCC(CCC)C(=O)NCC1(C(=O)O)CCC(C)CC1. The Kier molecular flexibility index (Phi) is 7.20. The number of carboxylic acids is 1. The minimum Gasteiger partial charge on any atom is -0.481 e. The number of amides is 1. The summed E-state index contributed by atoms with van der Waals surface area (Å²) in [6.45, 7) is 6.62. The van der Waals surface area contributed by atoms with Gasteiger partial charge in [-0.3, -0.25) is 9.59 Å². The molecule has 0 radical (unpaired) electrons. The van der Waals surface area contributed by atoms with Crippen molar-refractivity contribution in [1.82, 2.24) is 5.32 Å². The summed E-state index contributed by atoms with van der Waals surface area (Å²) in [6, 6.07) is 0. The number of rotatable bonds is 8. The molecule has 1 aliphatic carbocycles. The second-order valence-electron chi connectivity index (χ2n) is 6.76. The van der Waals surface area contributed by atoms with Crippen LogP contribution in [0.5, 0.6) is 0 Å². The van der Waals surface area contributed by atoms with Gasteiger partial charge in [-0.15, -0.1) is 0 Å².